The summed E-state index contributed by atoms with van der Waals surface area (Å²) in [5.41, 5.74) is 0.694. The van der Waals surface area contributed by atoms with Crippen molar-refractivity contribution in [3.05, 3.63) is 75.7 Å². The normalized spacial score (nSPS) is 11.5. The van der Waals surface area contributed by atoms with E-state index in [1.54, 1.807) is 36.4 Å². The van der Waals surface area contributed by atoms with Crippen molar-refractivity contribution in [1.29, 1.82) is 0 Å². The standard InChI is InChI=1S/C25H27N3O7/c1-4-10-35-20-9-8-16(12-21(20)34-3)18(13-23(31)32)26-25(33)24-19(29)14-22(30)28(27-24)17-7-5-6-15(2)11-17/h5-9,11-12,14,18,29H,4,10,13H2,1-3H3,(H,26,33)(H,31,32). The minimum Gasteiger partial charge on any atom is -0.505 e. The van der Waals surface area contributed by atoms with Crippen LogP contribution in [0.5, 0.6) is 17.2 Å². The molecule has 1 atom stereocenters. The predicted octanol–water partition coefficient (Wildman–Crippen LogP) is 2.99. The third-order valence-electron chi connectivity index (χ3n) is 5.11. The lowest BCUT2D eigenvalue weighted by Gasteiger charge is -2.20. The molecule has 1 aromatic heterocycles. The summed E-state index contributed by atoms with van der Waals surface area (Å²) in [6.45, 7) is 4.28. The molecule has 3 rings (SSSR count). The summed E-state index contributed by atoms with van der Waals surface area (Å²) in [7, 11) is 1.46. The molecule has 0 spiro atoms. The zero-order chi connectivity index (χ0) is 25.5. The number of methoxy groups -OCH3 is 1. The van der Waals surface area contributed by atoms with Crippen molar-refractivity contribution < 1.29 is 29.3 Å². The number of aromatic hydroxyl groups is 1. The quantitative estimate of drug-likeness (QED) is 0.402. The Morgan fingerprint density at radius 1 is 1.14 bits per heavy atom. The van der Waals surface area contributed by atoms with Crippen molar-refractivity contribution in [2.24, 2.45) is 0 Å². The van der Waals surface area contributed by atoms with E-state index in [1.807, 2.05) is 19.9 Å². The molecule has 35 heavy (non-hydrogen) atoms. The summed E-state index contributed by atoms with van der Waals surface area (Å²) in [4.78, 5) is 37.0. The van der Waals surface area contributed by atoms with Crippen LogP contribution >= 0.6 is 0 Å². The van der Waals surface area contributed by atoms with Crippen molar-refractivity contribution in [3.8, 4) is 22.9 Å². The van der Waals surface area contributed by atoms with E-state index in [4.69, 9.17) is 9.47 Å². The van der Waals surface area contributed by atoms with E-state index in [9.17, 15) is 24.6 Å². The molecule has 0 saturated carbocycles. The fourth-order valence-electron chi connectivity index (χ4n) is 3.44. The molecule has 0 radical (unpaired) electrons. The number of amides is 1. The lowest BCUT2D eigenvalue weighted by molar-refractivity contribution is -0.137. The van der Waals surface area contributed by atoms with E-state index in [2.05, 4.69) is 10.4 Å². The van der Waals surface area contributed by atoms with Crippen LogP contribution in [0.4, 0.5) is 0 Å². The maximum absolute atomic E-state index is 13.1. The number of carboxylic acid groups (broad SMARTS) is 1. The minimum absolute atomic E-state index is 0.384. The van der Waals surface area contributed by atoms with Gasteiger partial charge in [0, 0.05) is 6.07 Å². The van der Waals surface area contributed by atoms with E-state index >= 15 is 0 Å². The molecule has 10 nitrogen and oxygen atoms in total. The Balaban J connectivity index is 1.95. The zero-order valence-electron chi connectivity index (χ0n) is 19.6. The Morgan fingerprint density at radius 3 is 2.57 bits per heavy atom. The highest BCUT2D eigenvalue weighted by Gasteiger charge is 2.24. The molecule has 1 heterocycles. The van der Waals surface area contributed by atoms with E-state index in [-0.39, 0.29) is 0 Å². The SMILES string of the molecule is CCCOc1ccc(C(CC(=O)O)NC(=O)c2nn(-c3cccc(C)c3)c(=O)cc2O)cc1OC. The van der Waals surface area contributed by atoms with Gasteiger partial charge < -0.3 is 25.0 Å². The summed E-state index contributed by atoms with van der Waals surface area (Å²) in [5, 5.41) is 26.3. The second-order valence-electron chi connectivity index (χ2n) is 7.85. The van der Waals surface area contributed by atoms with Gasteiger partial charge in [0.05, 0.1) is 31.9 Å². The molecule has 1 unspecified atom stereocenters. The Bertz CT molecular complexity index is 1290. The van der Waals surface area contributed by atoms with Crippen LogP contribution in [0, 0.1) is 6.92 Å². The van der Waals surface area contributed by atoms with Gasteiger partial charge in [-0.2, -0.15) is 9.78 Å². The number of aliphatic carboxylic acids is 1. The van der Waals surface area contributed by atoms with Gasteiger partial charge in [-0.3, -0.25) is 14.4 Å². The maximum Gasteiger partial charge on any atom is 0.305 e. The number of nitrogens with one attached hydrogen (secondary N) is 1. The topological polar surface area (TPSA) is 140 Å². The Labute approximate surface area is 201 Å². The molecule has 0 saturated heterocycles. The molecular weight excluding hydrogens is 454 g/mol. The summed E-state index contributed by atoms with van der Waals surface area (Å²) in [6.07, 6.45) is 0.353. The first-order valence-electron chi connectivity index (χ1n) is 11.0. The van der Waals surface area contributed by atoms with Crippen LogP contribution in [0.1, 0.15) is 47.4 Å². The van der Waals surface area contributed by atoms with Gasteiger partial charge in [-0.25, -0.2) is 0 Å². The number of rotatable bonds is 10. The average Bonchev–Trinajstić information content (AvgIpc) is 2.81. The van der Waals surface area contributed by atoms with Gasteiger partial charge in [-0.1, -0.05) is 25.1 Å². The first-order valence-corrected chi connectivity index (χ1v) is 11.0. The number of ether oxygens (including phenoxy) is 2. The number of benzene rings is 2. The van der Waals surface area contributed by atoms with Crippen LogP contribution in [0.2, 0.25) is 0 Å². The molecule has 0 bridgehead atoms. The van der Waals surface area contributed by atoms with Gasteiger partial charge in [0.2, 0.25) is 0 Å². The van der Waals surface area contributed by atoms with E-state index in [0.717, 1.165) is 22.7 Å². The van der Waals surface area contributed by atoms with Crippen LogP contribution in [-0.2, 0) is 4.79 Å². The largest absolute Gasteiger partial charge is 0.505 e. The van der Waals surface area contributed by atoms with Gasteiger partial charge in [-0.05, 0) is 48.7 Å². The van der Waals surface area contributed by atoms with Crippen LogP contribution < -0.4 is 20.3 Å². The Morgan fingerprint density at radius 2 is 1.91 bits per heavy atom. The molecule has 184 valence electrons. The second kappa shape index (κ2) is 11.2. The lowest BCUT2D eigenvalue weighted by Crippen LogP contribution is -2.33. The maximum atomic E-state index is 13.1. The molecule has 0 fully saturated rings. The van der Waals surface area contributed by atoms with E-state index < -0.39 is 41.3 Å². The third-order valence-corrected chi connectivity index (χ3v) is 5.11. The van der Waals surface area contributed by atoms with Gasteiger partial charge >= 0.3 is 5.97 Å². The van der Waals surface area contributed by atoms with Crippen molar-refractivity contribution in [2.75, 3.05) is 13.7 Å². The van der Waals surface area contributed by atoms with E-state index in [0.29, 0.717) is 29.4 Å². The summed E-state index contributed by atoms with van der Waals surface area (Å²) >= 11 is 0. The first-order chi connectivity index (χ1) is 16.7. The molecule has 0 aliphatic carbocycles. The van der Waals surface area contributed by atoms with Gasteiger partial charge in [0.25, 0.3) is 11.5 Å². The summed E-state index contributed by atoms with van der Waals surface area (Å²) in [6, 6.07) is 11.7. The molecule has 2 aromatic carbocycles. The number of hydrogen-bond acceptors (Lipinski definition) is 7. The van der Waals surface area contributed by atoms with Crippen LogP contribution in [0.15, 0.2) is 53.3 Å². The van der Waals surface area contributed by atoms with Gasteiger partial charge in [0.1, 0.15) is 0 Å². The summed E-state index contributed by atoms with van der Waals surface area (Å²) in [5.74, 6) is -1.74. The van der Waals surface area contributed by atoms with Gasteiger partial charge in [-0.15, -0.1) is 0 Å². The fraction of sp³-hybridized carbons (Fsp3) is 0.280. The number of aromatic nitrogens is 2. The number of aryl methyl sites for hydroxylation is 1. The molecule has 0 aliphatic heterocycles. The zero-order valence-corrected chi connectivity index (χ0v) is 19.6. The second-order valence-corrected chi connectivity index (χ2v) is 7.85. The predicted molar refractivity (Wildman–Crippen MR) is 127 cm³/mol. The van der Waals surface area contributed by atoms with Gasteiger partial charge in [0.15, 0.2) is 22.9 Å². The highest BCUT2D eigenvalue weighted by Crippen LogP contribution is 2.31. The van der Waals surface area contributed by atoms with Crippen molar-refractivity contribution in [3.63, 3.8) is 0 Å². The molecule has 3 N–H and O–H groups in total. The Kier molecular flexibility index (Phi) is 8.08. The third kappa shape index (κ3) is 6.17. The average molecular weight is 482 g/mol. The van der Waals surface area contributed by atoms with Crippen LogP contribution in [-0.4, -0.2) is 45.6 Å². The Hall–Kier alpha value is -4.34. The number of carbonyl (C=O) groups excluding carboxylic acids is 1. The van der Waals surface area contributed by atoms with Crippen LogP contribution in [0.3, 0.4) is 0 Å². The first kappa shape index (κ1) is 25.3. The monoisotopic (exact) mass is 481 g/mol. The lowest BCUT2D eigenvalue weighted by atomic mass is 10.0. The number of carbonyl (C=O) groups is 2. The van der Waals surface area contributed by atoms with Crippen LogP contribution in [0.25, 0.3) is 5.69 Å². The van der Waals surface area contributed by atoms with Crippen molar-refractivity contribution in [1.82, 2.24) is 15.1 Å². The fourth-order valence-corrected chi connectivity index (χ4v) is 3.44. The molecule has 3 aromatic rings. The van der Waals surface area contributed by atoms with Crippen molar-refractivity contribution >= 4 is 11.9 Å². The molecule has 0 aliphatic rings. The molecular formula is C25H27N3O7. The minimum atomic E-state index is -1.15. The van der Waals surface area contributed by atoms with E-state index in [1.165, 1.54) is 7.11 Å². The molecule has 1 amide bonds. The van der Waals surface area contributed by atoms with Crippen molar-refractivity contribution in [2.45, 2.75) is 32.7 Å². The summed E-state index contributed by atoms with van der Waals surface area (Å²) < 4.78 is 12.0. The highest BCUT2D eigenvalue weighted by atomic mass is 16.5. The number of hydrogen-bond donors (Lipinski definition) is 3. The molecule has 10 heteroatoms. The smallest absolute Gasteiger partial charge is 0.305 e. The number of nitrogens with zero attached hydrogens (tertiary/aromatic N) is 2. The number of carboxylic acids is 1. The highest BCUT2D eigenvalue weighted by molar-refractivity contribution is 5.95.